The predicted octanol–water partition coefficient (Wildman–Crippen LogP) is 3.40. The molecule has 0 bridgehead atoms. The van der Waals surface area contributed by atoms with Crippen LogP contribution >= 0.6 is 24.0 Å². The van der Waals surface area contributed by atoms with E-state index in [9.17, 15) is 0 Å². The molecule has 0 aliphatic heterocycles. The molecule has 2 N–H and O–H groups in total. The zero-order valence-electron chi connectivity index (χ0n) is 14.2. The number of halogens is 1. The Balaban J connectivity index is 0.00000208. The molecule has 0 spiro atoms. The van der Waals surface area contributed by atoms with Crippen LogP contribution in [0.4, 0.5) is 0 Å². The highest BCUT2D eigenvalue weighted by molar-refractivity contribution is 14.0. The third kappa shape index (κ3) is 5.65. The number of pyridine rings is 1. The second kappa shape index (κ2) is 9.86. The lowest BCUT2D eigenvalue weighted by molar-refractivity contribution is 0.201. The van der Waals surface area contributed by atoms with Crippen LogP contribution in [0.5, 0.6) is 5.88 Å². The van der Waals surface area contributed by atoms with Crippen LogP contribution in [-0.4, -0.2) is 30.1 Å². The second-order valence-corrected chi connectivity index (χ2v) is 6.24. The van der Waals surface area contributed by atoms with Crippen molar-refractivity contribution in [1.82, 2.24) is 15.6 Å². The smallest absolute Gasteiger partial charge is 0.213 e. The molecule has 0 unspecified atom stereocenters. The molecule has 1 aromatic rings. The van der Waals surface area contributed by atoms with E-state index in [1.165, 1.54) is 12.8 Å². The number of guanidine groups is 1. The molecule has 1 saturated carbocycles. The largest absolute Gasteiger partial charge is 0.474 e. The van der Waals surface area contributed by atoms with Crippen LogP contribution in [0, 0.1) is 0 Å². The first-order valence-electron chi connectivity index (χ1n) is 8.57. The van der Waals surface area contributed by atoms with Crippen LogP contribution in [-0.2, 0) is 6.54 Å². The summed E-state index contributed by atoms with van der Waals surface area (Å²) >= 11 is 0. The fraction of sp³-hybridized carbons (Fsp3) is 0.556. The zero-order valence-corrected chi connectivity index (χ0v) is 16.5. The van der Waals surface area contributed by atoms with E-state index >= 15 is 0 Å². The van der Waals surface area contributed by atoms with Crippen molar-refractivity contribution < 1.29 is 4.74 Å². The number of nitrogens with one attached hydrogen (secondary N) is 2. The summed E-state index contributed by atoms with van der Waals surface area (Å²) in [4.78, 5) is 8.69. The van der Waals surface area contributed by atoms with Gasteiger partial charge < -0.3 is 15.4 Å². The van der Waals surface area contributed by atoms with E-state index in [4.69, 9.17) is 4.74 Å². The number of aromatic nitrogens is 1. The van der Waals surface area contributed by atoms with E-state index in [1.807, 2.05) is 12.3 Å². The molecule has 2 aliphatic carbocycles. The first-order chi connectivity index (χ1) is 11.3. The van der Waals surface area contributed by atoms with Crippen molar-refractivity contribution in [3.63, 3.8) is 0 Å². The minimum Gasteiger partial charge on any atom is -0.474 e. The van der Waals surface area contributed by atoms with E-state index in [0.29, 0.717) is 18.7 Å². The zero-order chi connectivity index (χ0) is 15.9. The second-order valence-electron chi connectivity index (χ2n) is 6.24. The van der Waals surface area contributed by atoms with Gasteiger partial charge in [0.05, 0.1) is 0 Å². The third-order valence-corrected chi connectivity index (χ3v) is 4.42. The quantitative estimate of drug-likeness (QED) is 0.318. The molecule has 0 atom stereocenters. The molecule has 1 aromatic heterocycles. The van der Waals surface area contributed by atoms with Gasteiger partial charge in [-0.3, -0.25) is 4.99 Å². The molecule has 6 heteroatoms. The molecule has 3 rings (SSSR count). The van der Waals surface area contributed by atoms with Gasteiger partial charge in [0.1, 0.15) is 6.10 Å². The van der Waals surface area contributed by atoms with Crippen LogP contribution in [0.15, 0.2) is 35.5 Å². The first kappa shape index (κ1) is 19.0. The summed E-state index contributed by atoms with van der Waals surface area (Å²) in [7, 11) is 1.80. The number of hydrogen-bond acceptors (Lipinski definition) is 3. The number of ether oxygens (including phenoxy) is 1. The van der Waals surface area contributed by atoms with E-state index in [-0.39, 0.29) is 24.0 Å². The highest BCUT2D eigenvalue weighted by atomic mass is 127. The summed E-state index contributed by atoms with van der Waals surface area (Å²) in [5, 5.41) is 6.76. The Morgan fingerprint density at radius 3 is 2.62 bits per heavy atom. The summed E-state index contributed by atoms with van der Waals surface area (Å²) in [5.41, 5.74) is 1.12. The van der Waals surface area contributed by atoms with Crippen molar-refractivity contribution in [3.05, 3.63) is 36.0 Å². The molecule has 0 saturated heterocycles. The number of nitrogens with zero attached hydrogens (tertiary/aromatic N) is 2. The molecule has 0 aromatic carbocycles. The molecular weight excluding hydrogens is 415 g/mol. The molecule has 5 nitrogen and oxygen atoms in total. The predicted molar refractivity (Wildman–Crippen MR) is 108 cm³/mol. The van der Waals surface area contributed by atoms with E-state index in [0.717, 1.165) is 43.1 Å². The Hall–Kier alpha value is -1.31. The van der Waals surface area contributed by atoms with Gasteiger partial charge in [0, 0.05) is 31.9 Å². The van der Waals surface area contributed by atoms with Gasteiger partial charge in [-0.25, -0.2) is 4.98 Å². The highest BCUT2D eigenvalue weighted by Crippen LogP contribution is 2.22. The standard InChI is InChI=1S/C18H26N4O.HI/c1-19-18(22-15-6-2-3-7-15)21-13-14-10-11-17(20-12-14)23-16-8-4-5-9-16;/h2-3,10-12,15-16H,4-9,13H2,1H3,(H2,19,21,22);1H. The van der Waals surface area contributed by atoms with Gasteiger partial charge in [-0.15, -0.1) is 24.0 Å². The summed E-state index contributed by atoms with van der Waals surface area (Å²) < 4.78 is 5.89. The summed E-state index contributed by atoms with van der Waals surface area (Å²) in [6, 6.07) is 4.49. The number of hydrogen-bond donors (Lipinski definition) is 2. The lowest BCUT2D eigenvalue weighted by Gasteiger charge is -2.17. The minimum absolute atomic E-state index is 0. The average Bonchev–Trinajstić information content (AvgIpc) is 3.26. The maximum Gasteiger partial charge on any atom is 0.213 e. The van der Waals surface area contributed by atoms with Crippen LogP contribution in [0.1, 0.15) is 44.1 Å². The van der Waals surface area contributed by atoms with Crippen molar-refractivity contribution in [2.24, 2.45) is 4.99 Å². The lowest BCUT2D eigenvalue weighted by atomic mass is 10.2. The fourth-order valence-electron chi connectivity index (χ4n) is 3.07. The van der Waals surface area contributed by atoms with E-state index in [2.05, 4.69) is 38.8 Å². The molecule has 1 heterocycles. The van der Waals surface area contributed by atoms with Crippen molar-refractivity contribution >= 4 is 29.9 Å². The van der Waals surface area contributed by atoms with Gasteiger partial charge in [0.25, 0.3) is 0 Å². The van der Waals surface area contributed by atoms with Crippen molar-refractivity contribution in [1.29, 1.82) is 0 Å². The SMILES string of the molecule is CN=C(NCc1ccc(OC2CCCC2)nc1)NC1CC=CC1.I. The van der Waals surface area contributed by atoms with Gasteiger partial charge in [-0.05, 0) is 44.1 Å². The first-order valence-corrected chi connectivity index (χ1v) is 8.57. The van der Waals surface area contributed by atoms with Crippen LogP contribution in [0.3, 0.4) is 0 Å². The van der Waals surface area contributed by atoms with Crippen molar-refractivity contribution in [2.45, 2.75) is 57.2 Å². The van der Waals surface area contributed by atoms with Crippen molar-refractivity contribution in [2.75, 3.05) is 7.05 Å². The molecule has 0 amide bonds. The maximum absolute atomic E-state index is 5.89. The summed E-state index contributed by atoms with van der Waals surface area (Å²) in [6.45, 7) is 0.705. The molecular formula is C18H27IN4O. The Morgan fingerprint density at radius 2 is 2.00 bits per heavy atom. The summed E-state index contributed by atoms with van der Waals surface area (Å²) in [5.74, 6) is 1.57. The van der Waals surface area contributed by atoms with Gasteiger partial charge in [0.15, 0.2) is 5.96 Å². The van der Waals surface area contributed by atoms with Crippen LogP contribution < -0.4 is 15.4 Å². The lowest BCUT2D eigenvalue weighted by Crippen LogP contribution is -2.42. The monoisotopic (exact) mass is 442 g/mol. The van der Waals surface area contributed by atoms with Gasteiger partial charge in [-0.2, -0.15) is 0 Å². The highest BCUT2D eigenvalue weighted by Gasteiger charge is 2.16. The molecule has 24 heavy (non-hydrogen) atoms. The van der Waals surface area contributed by atoms with Gasteiger partial charge in [-0.1, -0.05) is 18.2 Å². The van der Waals surface area contributed by atoms with Crippen LogP contribution in [0.2, 0.25) is 0 Å². The van der Waals surface area contributed by atoms with Crippen LogP contribution in [0.25, 0.3) is 0 Å². The molecule has 1 fully saturated rings. The minimum atomic E-state index is 0. The van der Waals surface area contributed by atoms with Gasteiger partial charge >= 0.3 is 0 Å². The average molecular weight is 442 g/mol. The Bertz CT molecular complexity index is 545. The van der Waals surface area contributed by atoms with E-state index in [1.54, 1.807) is 7.05 Å². The number of rotatable bonds is 5. The Morgan fingerprint density at radius 1 is 1.25 bits per heavy atom. The molecule has 0 radical (unpaired) electrons. The number of aliphatic imine (C=N–C) groups is 1. The molecule has 132 valence electrons. The maximum atomic E-state index is 5.89. The molecule has 2 aliphatic rings. The normalized spacial score (nSPS) is 18.5. The topological polar surface area (TPSA) is 58.5 Å². The van der Waals surface area contributed by atoms with Crippen molar-refractivity contribution in [3.8, 4) is 5.88 Å². The summed E-state index contributed by atoms with van der Waals surface area (Å²) in [6.07, 6.45) is 13.6. The fourth-order valence-corrected chi connectivity index (χ4v) is 3.07. The van der Waals surface area contributed by atoms with E-state index < -0.39 is 0 Å². The Kier molecular flexibility index (Phi) is 7.81. The Labute approximate surface area is 161 Å². The third-order valence-electron chi connectivity index (χ3n) is 4.42. The van der Waals surface area contributed by atoms with Gasteiger partial charge in [0.2, 0.25) is 5.88 Å².